The Kier molecular flexibility index (Phi) is 2.95. The second kappa shape index (κ2) is 4.18. The van der Waals surface area contributed by atoms with E-state index in [4.69, 9.17) is 11.0 Å². The van der Waals surface area contributed by atoms with Crippen molar-refractivity contribution in [2.24, 2.45) is 0 Å². The second-order valence-electron chi connectivity index (χ2n) is 4.48. The Labute approximate surface area is 107 Å². The third kappa shape index (κ3) is 1.81. The van der Waals surface area contributed by atoms with Crippen molar-refractivity contribution in [3.8, 4) is 6.07 Å². The number of benzene rings is 1. The van der Waals surface area contributed by atoms with Crippen LogP contribution in [0.5, 0.6) is 0 Å². The van der Waals surface area contributed by atoms with Gasteiger partial charge in [0.05, 0.1) is 11.8 Å². The SMILES string of the molecule is Cc1cc2c(cc1N)N(S(=O)(=O)C(C)C#N)CC2. The van der Waals surface area contributed by atoms with E-state index in [1.165, 1.54) is 11.2 Å². The van der Waals surface area contributed by atoms with Gasteiger partial charge in [0.2, 0.25) is 0 Å². The van der Waals surface area contributed by atoms with Gasteiger partial charge in [-0.3, -0.25) is 4.31 Å². The highest BCUT2D eigenvalue weighted by molar-refractivity contribution is 7.93. The molecule has 2 N–H and O–H groups in total. The molecule has 1 aromatic carbocycles. The molecule has 0 spiro atoms. The Hall–Kier alpha value is -1.74. The van der Waals surface area contributed by atoms with E-state index in [0.717, 1.165) is 11.1 Å². The molecule has 2 rings (SSSR count). The van der Waals surface area contributed by atoms with E-state index in [-0.39, 0.29) is 0 Å². The van der Waals surface area contributed by atoms with Crippen molar-refractivity contribution in [1.29, 1.82) is 5.26 Å². The van der Waals surface area contributed by atoms with Crippen LogP contribution < -0.4 is 10.0 Å². The summed E-state index contributed by atoms with van der Waals surface area (Å²) in [6.45, 7) is 3.67. The third-order valence-corrected chi connectivity index (χ3v) is 5.25. The van der Waals surface area contributed by atoms with E-state index < -0.39 is 15.3 Å². The number of fused-ring (bicyclic) bond motifs is 1. The Morgan fingerprint density at radius 3 is 2.78 bits per heavy atom. The van der Waals surface area contributed by atoms with Crippen molar-refractivity contribution in [2.45, 2.75) is 25.5 Å². The molecule has 1 atom stereocenters. The molecule has 96 valence electrons. The molecule has 0 saturated heterocycles. The number of rotatable bonds is 2. The quantitative estimate of drug-likeness (QED) is 0.813. The van der Waals surface area contributed by atoms with Gasteiger partial charge in [0.25, 0.3) is 10.0 Å². The maximum atomic E-state index is 12.2. The zero-order chi connectivity index (χ0) is 13.5. The van der Waals surface area contributed by atoms with E-state index in [1.807, 2.05) is 13.0 Å². The molecule has 0 aromatic heterocycles. The normalized spacial score (nSPS) is 16.2. The van der Waals surface area contributed by atoms with Crippen LogP contribution in [0.4, 0.5) is 11.4 Å². The van der Waals surface area contributed by atoms with Crippen molar-refractivity contribution in [3.05, 3.63) is 23.3 Å². The average molecular weight is 265 g/mol. The summed E-state index contributed by atoms with van der Waals surface area (Å²) in [5.74, 6) is 0. The van der Waals surface area contributed by atoms with Crippen molar-refractivity contribution in [3.63, 3.8) is 0 Å². The summed E-state index contributed by atoms with van der Waals surface area (Å²) >= 11 is 0. The predicted molar refractivity (Wildman–Crippen MR) is 70.6 cm³/mol. The van der Waals surface area contributed by atoms with Gasteiger partial charge in [-0.2, -0.15) is 5.26 Å². The number of sulfonamides is 1. The van der Waals surface area contributed by atoms with Crippen LogP contribution in [0, 0.1) is 18.3 Å². The van der Waals surface area contributed by atoms with E-state index in [9.17, 15) is 8.42 Å². The number of nitriles is 1. The van der Waals surface area contributed by atoms with Crippen LogP contribution in [-0.4, -0.2) is 20.2 Å². The number of nitrogen functional groups attached to an aromatic ring is 1. The minimum absolute atomic E-state index is 0.382. The summed E-state index contributed by atoms with van der Waals surface area (Å²) in [7, 11) is -3.62. The molecule has 18 heavy (non-hydrogen) atoms. The topological polar surface area (TPSA) is 87.2 Å². The molecule has 0 amide bonds. The van der Waals surface area contributed by atoms with E-state index >= 15 is 0 Å². The zero-order valence-corrected chi connectivity index (χ0v) is 11.2. The molecule has 6 heteroatoms. The zero-order valence-electron chi connectivity index (χ0n) is 10.3. The first-order valence-electron chi connectivity index (χ1n) is 5.68. The van der Waals surface area contributed by atoms with Gasteiger partial charge in [0.15, 0.2) is 5.25 Å². The van der Waals surface area contributed by atoms with Gasteiger partial charge in [0, 0.05) is 12.2 Å². The number of nitrogens with two attached hydrogens (primary N) is 1. The van der Waals surface area contributed by atoms with Crippen LogP contribution in [-0.2, 0) is 16.4 Å². The lowest BCUT2D eigenvalue weighted by atomic mass is 10.1. The molecular weight excluding hydrogens is 250 g/mol. The van der Waals surface area contributed by atoms with Crippen molar-refractivity contribution < 1.29 is 8.42 Å². The Morgan fingerprint density at radius 2 is 2.17 bits per heavy atom. The highest BCUT2D eigenvalue weighted by Crippen LogP contribution is 2.34. The first-order valence-corrected chi connectivity index (χ1v) is 7.18. The molecule has 5 nitrogen and oxygen atoms in total. The van der Waals surface area contributed by atoms with E-state index in [1.54, 1.807) is 12.1 Å². The highest BCUT2D eigenvalue weighted by Gasteiger charge is 2.34. The lowest BCUT2D eigenvalue weighted by Gasteiger charge is -2.21. The summed E-state index contributed by atoms with van der Waals surface area (Å²) in [6, 6.07) is 5.37. The number of aryl methyl sites for hydroxylation is 1. The molecule has 0 bridgehead atoms. The molecule has 0 radical (unpaired) electrons. The Morgan fingerprint density at radius 1 is 1.50 bits per heavy atom. The molecule has 0 fully saturated rings. The summed E-state index contributed by atoms with van der Waals surface area (Å²) in [4.78, 5) is 0. The lowest BCUT2D eigenvalue weighted by Crippen LogP contribution is -2.35. The van der Waals surface area contributed by atoms with Crippen LogP contribution >= 0.6 is 0 Å². The molecule has 0 aliphatic carbocycles. The summed E-state index contributed by atoms with van der Waals surface area (Å²) < 4.78 is 25.7. The van der Waals surface area contributed by atoms with Crippen molar-refractivity contribution in [2.75, 3.05) is 16.6 Å². The van der Waals surface area contributed by atoms with Crippen LogP contribution in [0.2, 0.25) is 0 Å². The molecule has 1 aliphatic heterocycles. The van der Waals surface area contributed by atoms with Crippen LogP contribution in [0.15, 0.2) is 12.1 Å². The molecule has 1 heterocycles. The standard InChI is InChI=1S/C12H15N3O2S/c1-8-5-10-3-4-15(12(10)6-11(8)14)18(16,17)9(2)7-13/h5-6,9H,3-4,14H2,1-2H3. The minimum atomic E-state index is -3.62. The van der Waals surface area contributed by atoms with Gasteiger partial charge >= 0.3 is 0 Å². The summed E-state index contributed by atoms with van der Waals surface area (Å²) in [5, 5.41) is 7.75. The van der Waals surface area contributed by atoms with Crippen LogP contribution in [0.1, 0.15) is 18.1 Å². The predicted octanol–water partition coefficient (Wildman–Crippen LogP) is 1.18. The van der Waals surface area contributed by atoms with Crippen LogP contribution in [0.3, 0.4) is 0 Å². The van der Waals surface area contributed by atoms with Crippen LogP contribution in [0.25, 0.3) is 0 Å². The summed E-state index contributed by atoms with van der Waals surface area (Å²) in [5.41, 5.74) is 8.92. The maximum absolute atomic E-state index is 12.2. The second-order valence-corrected chi connectivity index (χ2v) is 6.65. The number of anilines is 2. The largest absolute Gasteiger partial charge is 0.398 e. The van der Waals surface area contributed by atoms with Gasteiger partial charge in [-0.25, -0.2) is 8.42 Å². The average Bonchev–Trinajstić information content (AvgIpc) is 2.72. The van der Waals surface area contributed by atoms with Crippen molar-refractivity contribution in [1.82, 2.24) is 0 Å². The fraction of sp³-hybridized carbons (Fsp3) is 0.417. The highest BCUT2D eigenvalue weighted by atomic mass is 32.2. The van der Waals surface area contributed by atoms with Gasteiger partial charge in [-0.05, 0) is 37.5 Å². The number of hydrogen-bond acceptors (Lipinski definition) is 4. The smallest absolute Gasteiger partial charge is 0.251 e. The lowest BCUT2D eigenvalue weighted by molar-refractivity contribution is 0.588. The Bertz CT molecular complexity index is 631. The molecule has 0 saturated carbocycles. The van der Waals surface area contributed by atoms with Gasteiger partial charge in [-0.15, -0.1) is 0 Å². The molecule has 1 aliphatic rings. The third-order valence-electron chi connectivity index (χ3n) is 3.26. The number of nitrogens with zero attached hydrogens (tertiary/aromatic N) is 2. The van der Waals surface area contributed by atoms with Crippen molar-refractivity contribution >= 4 is 21.4 Å². The maximum Gasteiger partial charge on any atom is 0.251 e. The van der Waals surface area contributed by atoms with E-state index in [0.29, 0.717) is 24.3 Å². The number of hydrogen-bond donors (Lipinski definition) is 1. The van der Waals surface area contributed by atoms with E-state index in [2.05, 4.69) is 0 Å². The minimum Gasteiger partial charge on any atom is -0.398 e. The summed E-state index contributed by atoms with van der Waals surface area (Å²) in [6.07, 6.45) is 0.661. The molecule has 1 aromatic rings. The first-order chi connectivity index (χ1) is 8.37. The first kappa shape index (κ1) is 12.7. The monoisotopic (exact) mass is 265 g/mol. The molecular formula is C12H15N3O2S. The Balaban J connectivity index is 2.51. The molecule has 1 unspecified atom stereocenters. The fourth-order valence-corrected chi connectivity index (χ4v) is 3.37. The van der Waals surface area contributed by atoms with Gasteiger partial charge in [0.1, 0.15) is 0 Å². The van der Waals surface area contributed by atoms with Gasteiger partial charge < -0.3 is 5.73 Å². The fourth-order valence-electron chi connectivity index (χ4n) is 2.07. The van der Waals surface area contributed by atoms with Gasteiger partial charge in [-0.1, -0.05) is 6.07 Å².